The van der Waals surface area contributed by atoms with E-state index in [9.17, 15) is 0 Å². The predicted octanol–water partition coefficient (Wildman–Crippen LogP) is 7.58. The molecule has 1 aliphatic carbocycles. The second-order valence-electron chi connectivity index (χ2n) is 7.15. The van der Waals surface area contributed by atoms with Crippen molar-refractivity contribution in [3.05, 3.63) is 98.6 Å². The van der Waals surface area contributed by atoms with Gasteiger partial charge in [-0.3, -0.25) is 0 Å². The van der Waals surface area contributed by atoms with Gasteiger partial charge in [0.1, 0.15) is 6.10 Å². The van der Waals surface area contributed by atoms with Crippen LogP contribution in [0.4, 0.5) is 0 Å². The highest BCUT2D eigenvalue weighted by Gasteiger charge is 2.30. The number of allylic oxidation sites excluding steroid dienone is 1. The highest BCUT2D eigenvalue weighted by molar-refractivity contribution is 6.30. The highest BCUT2D eigenvalue weighted by atomic mass is 35.5. The molecule has 0 saturated carbocycles. The predicted molar refractivity (Wildman–Crippen MR) is 114 cm³/mol. The minimum Gasteiger partial charge on any atom is -0.364 e. The number of hydrogen-bond acceptors (Lipinski definition) is 1. The molecule has 2 aromatic rings. The first-order chi connectivity index (χ1) is 13.1. The van der Waals surface area contributed by atoms with Gasteiger partial charge in [0.05, 0.1) is 6.61 Å². The Labute approximate surface area is 171 Å². The molecule has 1 heterocycles. The standard InChI is InChI=1S/C24H22Cl2O/c1-16-19(14-17-6-10-20(25)11-7-17)4-2-3-5-22-23(16)15-27-24(22)18-8-12-21(26)13-9-18/h6-14,24H,1-5,15H2/b19-14+. The number of benzene rings is 2. The van der Waals surface area contributed by atoms with E-state index in [1.54, 1.807) is 0 Å². The van der Waals surface area contributed by atoms with Crippen molar-refractivity contribution in [1.82, 2.24) is 0 Å². The Kier molecular flexibility index (Phi) is 5.54. The summed E-state index contributed by atoms with van der Waals surface area (Å²) in [6.45, 7) is 5.07. The third-order valence-corrected chi connectivity index (χ3v) is 5.88. The van der Waals surface area contributed by atoms with Crippen LogP contribution in [0.25, 0.3) is 6.08 Å². The Bertz CT molecular complexity index is 904. The van der Waals surface area contributed by atoms with E-state index in [1.807, 2.05) is 24.3 Å². The van der Waals surface area contributed by atoms with Crippen LogP contribution in [0, 0.1) is 0 Å². The van der Waals surface area contributed by atoms with Gasteiger partial charge in [-0.1, -0.05) is 60.1 Å². The van der Waals surface area contributed by atoms with Crippen molar-refractivity contribution >= 4 is 29.3 Å². The lowest BCUT2D eigenvalue weighted by atomic mass is 9.84. The second-order valence-corrected chi connectivity index (χ2v) is 8.03. The minimum atomic E-state index is 0.0175. The zero-order valence-electron chi connectivity index (χ0n) is 15.2. The summed E-state index contributed by atoms with van der Waals surface area (Å²) in [5.74, 6) is 0. The maximum absolute atomic E-state index is 6.20. The zero-order chi connectivity index (χ0) is 18.8. The van der Waals surface area contributed by atoms with Crippen LogP contribution < -0.4 is 0 Å². The molecule has 2 aliphatic rings. The van der Waals surface area contributed by atoms with E-state index in [2.05, 4.69) is 36.9 Å². The monoisotopic (exact) mass is 396 g/mol. The molecule has 0 aromatic heterocycles. The molecule has 0 saturated heterocycles. The number of halogens is 2. The van der Waals surface area contributed by atoms with Crippen LogP contribution in [0.3, 0.4) is 0 Å². The average Bonchev–Trinajstić information content (AvgIpc) is 3.08. The van der Waals surface area contributed by atoms with Gasteiger partial charge in [-0.25, -0.2) is 0 Å². The molecular formula is C24H22Cl2O. The third kappa shape index (κ3) is 4.06. The molecule has 3 heteroatoms. The third-order valence-electron chi connectivity index (χ3n) is 5.38. The van der Waals surface area contributed by atoms with Gasteiger partial charge in [-0.2, -0.15) is 0 Å². The average molecular weight is 397 g/mol. The van der Waals surface area contributed by atoms with Gasteiger partial charge in [-0.15, -0.1) is 0 Å². The molecule has 1 atom stereocenters. The summed E-state index contributed by atoms with van der Waals surface area (Å²) in [4.78, 5) is 0. The normalized spacial score (nSPS) is 21.9. The van der Waals surface area contributed by atoms with Gasteiger partial charge in [0.2, 0.25) is 0 Å². The molecule has 0 amide bonds. The van der Waals surface area contributed by atoms with Crippen molar-refractivity contribution in [2.45, 2.75) is 31.8 Å². The summed E-state index contributed by atoms with van der Waals surface area (Å²) in [5, 5.41) is 1.51. The van der Waals surface area contributed by atoms with Crippen LogP contribution >= 0.6 is 23.2 Å². The van der Waals surface area contributed by atoms with Crippen molar-refractivity contribution in [1.29, 1.82) is 0 Å². The van der Waals surface area contributed by atoms with Crippen LogP contribution in [0.1, 0.15) is 42.9 Å². The Morgan fingerprint density at radius 3 is 2.22 bits per heavy atom. The molecule has 4 rings (SSSR count). The van der Waals surface area contributed by atoms with Crippen LogP contribution in [0.5, 0.6) is 0 Å². The lowest BCUT2D eigenvalue weighted by Crippen LogP contribution is -2.04. The smallest absolute Gasteiger partial charge is 0.105 e. The zero-order valence-corrected chi connectivity index (χ0v) is 16.7. The molecule has 0 fully saturated rings. The van der Waals surface area contributed by atoms with Crippen LogP contribution in [0.2, 0.25) is 10.0 Å². The van der Waals surface area contributed by atoms with Crippen LogP contribution in [-0.4, -0.2) is 6.61 Å². The first-order valence-corrected chi connectivity index (χ1v) is 10.1. The van der Waals surface area contributed by atoms with Gasteiger partial charge in [0.15, 0.2) is 0 Å². The van der Waals surface area contributed by atoms with E-state index in [1.165, 1.54) is 22.3 Å². The fourth-order valence-corrected chi connectivity index (χ4v) is 4.16. The fourth-order valence-electron chi connectivity index (χ4n) is 3.91. The Morgan fingerprint density at radius 2 is 1.52 bits per heavy atom. The van der Waals surface area contributed by atoms with Crippen LogP contribution in [0.15, 0.2) is 77.4 Å². The number of rotatable bonds is 2. The topological polar surface area (TPSA) is 9.23 Å². The lowest BCUT2D eigenvalue weighted by molar-refractivity contribution is 0.119. The molecule has 0 N–H and O–H groups in total. The molecule has 1 nitrogen and oxygen atoms in total. The van der Waals surface area contributed by atoms with E-state index >= 15 is 0 Å². The summed E-state index contributed by atoms with van der Waals surface area (Å²) in [6.07, 6.45) is 6.69. The van der Waals surface area contributed by atoms with Crippen molar-refractivity contribution in [2.24, 2.45) is 0 Å². The maximum Gasteiger partial charge on any atom is 0.105 e. The van der Waals surface area contributed by atoms with E-state index in [0.717, 1.165) is 46.9 Å². The fraction of sp³-hybridized carbons (Fsp3) is 0.250. The minimum absolute atomic E-state index is 0.0175. The maximum atomic E-state index is 6.20. The lowest BCUT2D eigenvalue weighted by Gasteiger charge is -2.20. The largest absolute Gasteiger partial charge is 0.364 e. The summed E-state index contributed by atoms with van der Waals surface area (Å²) in [7, 11) is 0. The molecule has 0 bridgehead atoms. The Balaban J connectivity index is 1.67. The van der Waals surface area contributed by atoms with Crippen molar-refractivity contribution in [3.63, 3.8) is 0 Å². The summed E-state index contributed by atoms with van der Waals surface area (Å²) in [5.41, 5.74) is 7.40. The van der Waals surface area contributed by atoms with Gasteiger partial charge in [0.25, 0.3) is 0 Å². The molecule has 2 aromatic carbocycles. The molecule has 1 unspecified atom stereocenters. The first kappa shape index (κ1) is 18.6. The van der Waals surface area contributed by atoms with E-state index in [4.69, 9.17) is 27.9 Å². The second kappa shape index (κ2) is 8.06. The van der Waals surface area contributed by atoms with Crippen molar-refractivity contribution < 1.29 is 4.74 Å². The summed E-state index contributed by atoms with van der Waals surface area (Å²) in [6, 6.07) is 16.0. The first-order valence-electron chi connectivity index (χ1n) is 9.36. The van der Waals surface area contributed by atoms with Gasteiger partial charge in [-0.05, 0) is 83.4 Å². The molecule has 27 heavy (non-hydrogen) atoms. The van der Waals surface area contributed by atoms with Gasteiger partial charge < -0.3 is 4.74 Å². The quantitative estimate of drug-likeness (QED) is 0.508. The molecule has 0 radical (unpaired) electrons. The van der Waals surface area contributed by atoms with E-state index in [0.29, 0.717) is 6.61 Å². The Morgan fingerprint density at radius 1 is 0.889 bits per heavy atom. The number of hydrogen-bond donors (Lipinski definition) is 0. The summed E-state index contributed by atoms with van der Waals surface area (Å²) >= 11 is 12.1. The van der Waals surface area contributed by atoms with Crippen LogP contribution in [-0.2, 0) is 4.74 Å². The van der Waals surface area contributed by atoms with Crippen molar-refractivity contribution in [2.75, 3.05) is 6.61 Å². The molecule has 1 aliphatic heterocycles. The van der Waals surface area contributed by atoms with Gasteiger partial charge in [0, 0.05) is 10.0 Å². The van der Waals surface area contributed by atoms with E-state index in [-0.39, 0.29) is 6.10 Å². The highest BCUT2D eigenvalue weighted by Crippen LogP contribution is 2.43. The SMILES string of the molecule is C=C1C2=C(CCCC/C1=C\c1ccc(Cl)cc1)C(c1ccc(Cl)cc1)OC2. The van der Waals surface area contributed by atoms with E-state index < -0.39 is 0 Å². The van der Waals surface area contributed by atoms with Gasteiger partial charge >= 0.3 is 0 Å². The molecular weight excluding hydrogens is 375 g/mol. The number of ether oxygens (including phenoxy) is 1. The molecule has 138 valence electrons. The van der Waals surface area contributed by atoms with Crippen molar-refractivity contribution in [3.8, 4) is 0 Å². The molecule has 0 spiro atoms. The summed E-state index contributed by atoms with van der Waals surface area (Å²) < 4.78 is 6.20. The Hall–Kier alpha value is -1.80.